The summed E-state index contributed by atoms with van der Waals surface area (Å²) in [6, 6.07) is 3.23. The van der Waals surface area contributed by atoms with Crippen LogP contribution < -0.4 is 5.73 Å². The Bertz CT molecular complexity index is 616. The van der Waals surface area contributed by atoms with Gasteiger partial charge in [0.1, 0.15) is 5.56 Å². The van der Waals surface area contributed by atoms with E-state index in [1.165, 1.54) is 6.07 Å². The van der Waals surface area contributed by atoms with E-state index >= 15 is 0 Å². The maximum absolute atomic E-state index is 11.0. The minimum Gasteiger partial charge on any atom is -0.320 e. The van der Waals surface area contributed by atoms with Gasteiger partial charge in [-0.1, -0.05) is 11.8 Å². The van der Waals surface area contributed by atoms with Crippen LogP contribution in [0.5, 0.6) is 0 Å². The van der Waals surface area contributed by atoms with Crippen molar-refractivity contribution in [2.45, 2.75) is 4.90 Å². The number of nitro groups is 1. The van der Waals surface area contributed by atoms with Crippen LogP contribution in [0.4, 0.5) is 5.69 Å². The number of rotatable bonds is 2. The normalized spacial score (nSPS) is 10.5. The number of nitrogens with zero attached hydrogens (tertiary/aromatic N) is 1. The Hall–Kier alpha value is -1.62. The molecule has 2 N–H and O–H groups in total. The van der Waals surface area contributed by atoms with Crippen LogP contribution in [-0.2, 0) is 9.05 Å². The van der Waals surface area contributed by atoms with Crippen molar-refractivity contribution in [3.63, 3.8) is 0 Å². The summed E-state index contributed by atoms with van der Waals surface area (Å²) >= 11 is 0. The minimum atomic E-state index is -4.00. The quantitative estimate of drug-likeness (QED) is 0.372. The van der Waals surface area contributed by atoms with Gasteiger partial charge in [0, 0.05) is 16.7 Å². The van der Waals surface area contributed by atoms with E-state index in [1.807, 2.05) is 0 Å². The SMILES string of the molecule is NCC#Cc1ccc(S(=O)(=O)Cl)cc1[N+](=O)[O-]. The number of nitrogens with two attached hydrogens (primary N) is 1. The third-order valence-corrected chi connectivity index (χ3v) is 3.12. The average Bonchev–Trinajstić information content (AvgIpc) is 2.24. The summed E-state index contributed by atoms with van der Waals surface area (Å²) < 4.78 is 22.0. The Morgan fingerprint density at radius 2 is 2.12 bits per heavy atom. The van der Waals surface area contributed by atoms with Gasteiger partial charge in [-0.2, -0.15) is 0 Å². The third-order valence-electron chi connectivity index (χ3n) is 1.77. The number of hydrogen-bond acceptors (Lipinski definition) is 5. The summed E-state index contributed by atoms with van der Waals surface area (Å²) in [5.74, 6) is 4.93. The summed E-state index contributed by atoms with van der Waals surface area (Å²) in [5, 5.41) is 10.7. The van der Waals surface area contributed by atoms with E-state index in [0.717, 1.165) is 12.1 Å². The highest BCUT2D eigenvalue weighted by molar-refractivity contribution is 8.13. The lowest BCUT2D eigenvalue weighted by molar-refractivity contribution is -0.385. The molecule has 90 valence electrons. The van der Waals surface area contributed by atoms with E-state index in [9.17, 15) is 18.5 Å². The lowest BCUT2D eigenvalue weighted by Crippen LogP contribution is -1.98. The van der Waals surface area contributed by atoms with Crippen molar-refractivity contribution in [3.8, 4) is 11.8 Å². The molecular formula is C9H7ClN2O4S. The molecule has 1 rings (SSSR count). The molecule has 1 aromatic carbocycles. The molecule has 0 heterocycles. The van der Waals surface area contributed by atoms with Crippen LogP contribution in [0, 0.1) is 22.0 Å². The molecule has 0 unspecified atom stereocenters. The maximum atomic E-state index is 11.0. The van der Waals surface area contributed by atoms with E-state index in [2.05, 4.69) is 11.8 Å². The molecule has 0 fully saturated rings. The molecule has 0 atom stereocenters. The predicted molar refractivity (Wildman–Crippen MR) is 62.1 cm³/mol. The molecule has 6 nitrogen and oxygen atoms in total. The smallest absolute Gasteiger partial charge is 0.286 e. The number of hydrogen-bond donors (Lipinski definition) is 1. The van der Waals surface area contributed by atoms with E-state index < -0.39 is 19.7 Å². The lowest BCUT2D eigenvalue weighted by Gasteiger charge is -1.98. The fraction of sp³-hybridized carbons (Fsp3) is 0.111. The van der Waals surface area contributed by atoms with Crippen LogP contribution in [0.1, 0.15) is 5.56 Å². The number of benzene rings is 1. The average molecular weight is 275 g/mol. The number of halogens is 1. The lowest BCUT2D eigenvalue weighted by atomic mass is 10.2. The molecule has 0 aliphatic carbocycles. The van der Waals surface area contributed by atoms with Crippen molar-refractivity contribution in [2.75, 3.05) is 6.54 Å². The monoisotopic (exact) mass is 274 g/mol. The molecular weight excluding hydrogens is 268 g/mol. The second-order valence-corrected chi connectivity index (χ2v) is 5.45. The second-order valence-electron chi connectivity index (χ2n) is 2.88. The molecule has 1 aromatic rings. The highest BCUT2D eigenvalue weighted by Crippen LogP contribution is 2.24. The van der Waals surface area contributed by atoms with E-state index in [4.69, 9.17) is 16.4 Å². The summed E-state index contributed by atoms with van der Waals surface area (Å²) in [6.45, 7) is 0.0483. The van der Waals surface area contributed by atoms with Gasteiger partial charge in [-0.05, 0) is 12.1 Å². The standard InChI is InChI=1S/C9H7ClN2O4S/c10-17(15,16)8-4-3-7(2-1-5-11)9(6-8)12(13)14/h3-4,6H,5,11H2. The molecule has 8 heteroatoms. The van der Waals surface area contributed by atoms with Gasteiger partial charge in [-0.25, -0.2) is 8.42 Å². The van der Waals surface area contributed by atoms with Crippen molar-refractivity contribution in [1.29, 1.82) is 0 Å². The van der Waals surface area contributed by atoms with Gasteiger partial charge in [0.05, 0.1) is 16.4 Å². The highest BCUT2D eigenvalue weighted by atomic mass is 35.7. The Kier molecular flexibility index (Phi) is 4.07. The van der Waals surface area contributed by atoms with E-state index in [-0.39, 0.29) is 17.0 Å². The highest BCUT2D eigenvalue weighted by Gasteiger charge is 2.18. The zero-order valence-electron chi connectivity index (χ0n) is 8.38. The van der Waals surface area contributed by atoms with Crippen LogP contribution in [0.3, 0.4) is 0 Å². The molecule has 0 radical (unpaired) electrons. The Morgan fingerprint density at radius 1 is 1.47 bits per heavy atom. The predicted octanol–water partition coefficient (Wildman–Crippen LogP) is 0.833. The summed E-state index contributed by atoms with van der Waals surface area (Å²) in [5.41, 5.74) is 4.81. The molecule has 0 spiro atoms. The first-order chi connectivity index (χ1) is 7.86. The van der Waals surface area contributed by atoms with Crippen LogP contribution in [0.2, 0.25) is 0 Å². The molecule has 17 heavy (non-hydrogen) atoms. The maximum Gasteiger partial charge on any atom is 0.286 e. The first kappa shape index (κ1) is 13.4. The summed E-state index contributed by atoms with van der Waals surface area (Å²) in [4.78, 5) is 9.66. The Morgan fingerprint density at radius 3 is 2.59 bits per heavy atom. The van der Waals surface area contributed by atoms with Crippen molar-refractivity contribution >= 4 is 25.4 Å². The zero-order valence-corrected chi connectivity index (χ0v) is 9.96. The van der Waals surface area contributed by atoms with Crippen molar-refractivity contribution < 1.29 is 13.3 Å². The molecule has 0 bridgehead atoms. The summed E-state index contributed by atoms with van der Waals surface area (Å²) in [6.07, 6.45) is 0. The first-order valence-electron chi connectivity index (χ1n) is 4.28. The van der Waals surface area contributed by atoms with Crippen LogP contribution in [-0.4, -0.2) is 19.9 Å². The van der Waals surface area contributed by atoms with Crippen molar-refractivity contribution in [2.24, 2.45) is 5.73 Å². The molecule has 0 aliphatic rings. The summed E-state index contributed by atoms with van der Waals surface area (Å²) in [7, 11) is 1.08. The molecule has 0 aliphatic heterocycles. The van der Waals surface area contributed by atoms with Crippen molar-refractivity contribution in [1.82, 2.24) is 0 Å². The Balaban J connectivity index is 3.43. The largest absolute Gasteiger partial charge is 0.320 e. The van der Waals surface area contributed by atoms with Crippen molar-refractivity contribution in [3.05, 3.63) is 33.9 Å². The minimum absolute atomic E-state index is 0.0483. The van der Waals surface area contributed by atoms with Crippen LogP contribution in [0.15, 0.2) is 23.1 Å². The van der Waals surface area contributed by atoms with E-state index in [1.54, 1.807) is 0 Å². The molecule has 0 saturated carbocycles. The van der Waals surface area contributed by atoms with Gasteiger partial charge in [0.2, 0.25) is 0 Å². The van der Waals surface area contributed by atoms with Crippen LogP contribution in [0.25, 0.3) is 0 Å². The number of nitro benzene ring substituents is 1. The topological polar surface area (TPSA) is 103 Å². The van der Waals surface area contributed by atoms with Gasteiger partial charge < -0.3 is 5.73 Å². The fourth-order valence-corrected chi connectivity index (χ4v) is 1.84. The molecule has 0 saturated heterocycles. The van der Waals surface area contributed by atoms with E-state index in [0.29, 0.717) is 0 Å². The molecule has 0 amide bonds. The van der Waals surface area contributed by atoms with Gasteiger partial charge in [-0.15, -0.1) is 0 Å². The van der Waals surface area contributed by atoms with Gasteiger partial charge >= 0.3 is 0 Å². The van der Waals surface area contributed by atoms with Crippen LogP contribution >= 0.6 is 10.7 Å². The van der Waals surface area contributed by atoms with Gasteiger partial charge in [-0.3, -0.25) is 10.1 Å². The Labute approximate surface area is 102 Å². The second kappa shape index (κ2) is 5.14. The fourth-order valence-electron chi connectivity index (χ4n) is 1.07. The first-order valence-corrected chi connectivity index (χ1v) is 6.59. The molecule has 0 aromatic heterocycles. The third kappa shape index (κ3) is 3.42. The van der Waals surface area contributed by atoms with Gasteiger partial charge in [0.15, 0.2) is 0 Å². The zero-order chi connectivity index (χ0) is 13.1. The van der Waals surface area contributed by atoms with Gasteiger partial charge in [0.25, 0.3) is 14.7 Å².